The number of rotatable bonds is 7. The Bertz CT molecular complexity index is 1120. The molecule has 2 N–H and O–H groups in total. The predicted octanol–water partition coefficient (Wildman–Crippen LogP) is 3.85. The van der Waals surface area contributed by atoms with Gasteiger partial charge in [-0.25, -0.2) is 4.68 Å². The summed E-state index contributed by atoms with van der Waals surface area (Å²) in [5.74, 6) is 1.22. The van der Waals surface area contributed by atoms with Crippen LogP contribution in [0.3, 0.4) is 0 Å². The van der Waals surface area contributed by atoms with Gasteiger partial charge < -0.3 is 10.6 Å². The van der Waals surface area contributed by atoms with E-state index in [2.05, 4.69) is 32.0 Å². The van der Waals surface area contributed by atoms with Crippen LogP contribution in [0.5, 0.6) is 0 Å². The van der Waals surface area contributed by atoms with Gasteiger partial charge in [-0.2, -0.15) is 5.10 Å². The molecule has 0 aliphatic carbocycles. The Morgan fingerprint density at radius 2 is 1.87 bits per heavy atom. The number of carbonyl (C=O) groups is 1. The van der Waals surface area contributed by atoms with E-state index in [-0.39, 0.29) is 5.91 Å². The average molecular weight is 419 g/mol. The molecule has 0 saturated carbocycles. The maximum Gasteiger partial charge on any atom is 0.251 e. The molecule has 0 fully saturated rings. The zero-order valence-corrected chi connectivity index (χ0v) is 17.6. The predicted molar refractivity (Wildman–Crippen MR) is 119 cm³/mol. The highest BCUT2D eigenvalue weighted by molar-refractivity contribution is 7.13. The first-order chi connectivity index (χ1) is 14.6. The highest BCUT2D eigenvalue weighted by Crippen LogP contribution is 2.24. The summed E-state index contributed by atoms with van der Waals surface area (Å²) in [7, 11) is 0. The second-order valence-electron chi connectivity index (χ2n) is 6.85. The van der Waals surface area contributed by atoms with Crippen molar-refractivity contribution in [1.82, 2.24) is 25.3 Å². The summed E-state index contributed by atoms with van der Waals surface area (Å²) in [6, 6.07) is 17.4. The van der Waals surface area contributed by atoms with Gasteiger partial charge >= 0.3 is 0 Å². The Kier molecular flexibility index (Phi) is 5.85. The number of benzene rings is 1. The molecule has 30 heavy (non-hydrogen) atoms. The highest BCUT2D eigenvalue weighted by Gasteiger charge is 2.07. The average Bonchev–Trinajstić information content (AvgIpc) is 3.41. The number of nitrogens with zero attached hydrogens (tertiary/aromatic N) is 4. The van der Waals surface area contributed by atoms with Gasteiger partial charge in [-0.3, -0.25) is 4.79 Å². The van der Waals surface area contributed by atoms with E-state index in [0.717, 1.165) is 17.0 Å². The van der Waals surface area contributed by atoms with Crippen LogP contribution < -0.4 is 10.6 Å². The molecule has 152 valence electrons. The van der Waals surface area contributed by atoms with Crippen LogP contribution in [0, 0.1) is 13.8 Å². The number of carbonyl (C=O) groups excluding carboxylic acids is 1. The molecule has 4 rings (SSSR count). The topological polar surface area (TPSA) is 84.7 Å². The van der Waals surface area contributed by atoms with Gasteiger partial charge in [0.05, 0.1) is 5.69 Å². The van der Waals surface area contributed by atoms with Crippen molar-refractivity contribution in [3.63, 3.8) is 0 Å². The number of aryl methyl sites for hydroxylation is 2. The molecule has 0 saturated heterocycles. The third kappa shape index (κ3) is 4.55. The lowest BCUT2D eigenvalue weighted by molar-refractivity contribution is 0.0955. The van der Waals surface area contributed by atoms with Crippen molar-refractivity contribution < 1.29 is 4.79 Å². The minimum atomic E-state index is -0.0968. The monoisotopic (exact) mass is 418 g/mol. The van der Waals surface area contributed by atoms with Crippen molar-refractivity contribution in [2.75, 3.05) is 18.4 Å². The zero-order valence-electron chi connectivity index (χ0n) is 16.8. The number of nitrogens with one attached hydrogen (secondary N) is 2. The summed E-state index contributed by atoms with van der Waals surface area (Å²) in [6.07, 6.45) is 0. The van der Waals surface area contributed by atoms with Crippen LogP contribution in [0.2, 0.25) is 0 Å². The fourth-order valence-corrected chi connectivity index (χ4v) is 3.82. The van der Waals surface area contributed by atoms with Crippen LogP contribution in [-0.4, -0.2) is 39.0 Å². The molecule has 1 aromatic carbocycles. The Balaban J connectivity index is 1.25. The number of amides is 1. The van der Waals surface area contributed by atoms with E-state index in [1.807, 2.05) is 67.8 Å². The van der Waals surface area contributed by atoms with Crippen molar-refractivity contribution in [3.8, 4) is 16.3 Å². The van der Waals surface area contributed by atoms with E-state index < -0.39 is 0 Å². The van der Waals surface area contributed by atoms with Gasteiger partial charge in [-0.1, -0.05) is 18.2 Å². The van der Waals surface area contributed by atoms with Crippen molar-refractivity contribution in [3.05, 3.63) is 76.9 Å². The van der Waals surface area contributed by atoms with Gasteiger partial charge in [0.25, 0.3) is 5.91 Å². The molecule has 0 radical (unpaired) electrons. The summed E-state index contributed by atoms with van der Waals surface area (Å²) >= 11 is 1.68. The maximum absolute atomic E-state index is 12.3. The SMILES string of the molecule is Cc1cc(C)n(-c2ccc(NCCNC(=O)c3ccc(-c4cccs4)cc3)nn2)n1. The Morgan fingerprint density at radius 1 is 1.03 bits per heavy atom. The Hall–Kier alpha value is -3.52. The first-order valence-electron chi connectivity index (χ1n) is 9.63. The van der Waals surface area contributed by atoms with E-state index >= 15 is 0 Å². The third-order valence-electron chi connectivity index (χ3n) is 4.55. The summed E-state index contributed by atoms with van der Waals surface area (Å²) in [4.78, 5) is 13.5. The summed E-state index contributed by atoms with van der Waals surface area (Å²) in [6.45, 7) is 4.95. The molecule has 1 amide bonds. The molecule has 0 aliphatic rings. The van der Waals surface area contributed by atoms with Gasteiger partial charge in [0.1, 0.15) is 5.82 Å². The first kappa shape index (κ1) is 19.8. The van der Waals surface area contributed by atoms with Crippen LogP contribution in [-0.2, 0) is 0 Å². The zero-order chi connectivity index (χ0) is 20.9. The highest BCUT2D eigenvalue weighted by atomic mass is 32.1. The van der Waals surface area contributed by atoms with Crippen molar-refractivity contribution in [2.45, 2.75) is 13.8 Å². The largest absolute Gasteiger partial charge is 0.367 e. The lowest BCUT2D eigenvalue weighted by atomic mass is 10.1. The van der Waals surface area contributed by atoms with Crippen molar-refractivity contribution >= 4 is 23.1 Å². The van der Waals surface area contributed by atoms with E-state index in [9.17, 15) is 4.79 Å². The molecule has 3 heterocycles. The molecule has 4 aromatic rings. The second-order valence-corrected chi connectivity index (χ2v) is 7.80. The third-order valence-corrected chi connectivity index (χ3v) is 5.47. The van der Waals surface area contributed by atoms with Gasteiger partial charge in [-0.15, -0.1) is 21.5 Å². The number of hydrogen-bond acceptors (Lipinski definition) is 6. The van der Waals surface area contributed by atoms with Crippen LogP contribution in [0.4, 0.5) is 5.82 Å². The minimum absolute atomic E-state index is 0.0968. The quantitative estimate of drug-likeness (QED) is 0.445. The molecule has 0 atom stereocenters. The van der Waals surface area contributed by atoms with Gasteiger partial charge in [0.2, 0.25) is 0 Å². The maximum atomic E-state index is 12.3. The molecular formula is C22H22N6OS. The molecule has 0 unspecified atom stereocenters. The molecule has 8 heteroatoms. The molecule has 3 aromatic heterocycles. The fraction of sp³-hybridized carbons (Fsp3) is 0.182. The lowest BCUT2D eigenvalue weighted by Gasteiger charge is -2.08. The molecular weight excluding hydrogens is 396 g/mol. The van der Waals surface area contributed by atoms with Crippen LogP contribution in [0.15, 0.2) is 60.0 Å². The van der Waals surface area contributed by atoms with Gasteiger partial charge in [-0.05, 0) is 61.2 Å². The summed E-state index contributed by atoms with van der Waals surface area (Å²) < 4.78 is 1.76. The van der Waals surface area contributed by atoms with Crippen molar-refractivity contribution in [1.29, 1.82) is 0 Å². The van der Waals surface area contributed by atoms with Crippen molar-refractivity contribution in [2.24, 2.45) is 0 Å². The van der Waals surface area contributed by atoms with Crippen LogP contribution >= 0.6 is 11.3 Å². The normalized spacial score (nSPS) is 10.7. The molecule has 0 bridgehead atoms. The number of thiophene rings is 1. The van der Waals surface area contributed by atoms with Crippen LogP contribution in [0.25, 0.3) is 16.3 Å². The van der Waals surface area contributed by atoms with E-state index in [1.54, 1.807) is 16.0 Å². The lowest BCUT2D eigenvalue weighted by Crippen LogP contribution is -2.28. The van der Waals surface area contributed by atoms with E-state index in [1.165, 1.54) is 4.88 Å². The second kappa shape index (κ2) is 8.87. The molecule has 0 spiro atoms. The Morgan fingerprint density at radius 3 is 2.50 bits per heavy atom. The fourth-order valence-electron chi connectivity index (χ4n) is 3.09. The number of hydrogen-bond donors (Lipinski definition) is 2. The first-order valence-corrected chi connectivity index (χ1v) is 10.5. The molecule has 0 aliphatic heterocycles. The standard InChI is InChI=1S/C22H22N6OS/c1-15-14-16(2)28(27-15)21-10-9-20(25-26-21)23-11-12-24-22(29)18-7-5-17(6-8-18)19-4-3-13-30-19/h3-10,13-14H,11-12H2,1-2H3,(H,23,25)(H,24,29). The Labute approximate surface area is 178 Å². The smallest absolute Gasteiger partial charge is 0.251 e. The minimum Gasteiger partial charge on any atom is -0.367 e. The van der Waals surface area contributed by atoms with E-state index in [4.69, 9.17) is 0 Å². The van der Waals surface area contributed by atoms with Gasteiger partial charge in [0, 0.05) is 29.2 Å². The van der Waals surface area contributed by atoms with Crippen LogP contribution in [0.1, 0.15) is 21.7 Å². The number of aromatic nitrogens is 4. The molecule has 7 nitrogen and oxygen atoms in total. The number of anilines is 1. The van der Waals surface area contributed by atoms with Gasteiger partial charge in [0.15, 0.2) is 5.82 Å². The van der Waals surface area contributed by atoms with E-state index in [0.29, 0.717) is 30.3 Å². The summed E-state index contributed by atoms with van der Waals surface area (Å²) in [5, 5.41) is 20.9. The summed E-state index contributed by atoms with van der Waals surface area (Å²) in [5.41, 5.74) is 3.71.